The molecule has 2 rings (SSSR count). The minimum absolute atomic E-state index is 0.155. The molecule has 3 N–H and O–H groups in total. The van der Waals surface area contributed by atoms with Crippen LogP contribution < -0.4 is 0 Å². The molecule has 5 nitrogen and oxygen atoms in total. The van der Waals surface area contributed by atoms with Crippen molar-refractivity contribution in [3.8, 4) is 0 Å². The number of aryl methyl sites for hydroxylation is 2. The molecule has 0 fully saturated rings. The Morgan fingerprint density at radius 1 is 1.29 bits per heavy atom. The second kappa shape index (κ2) is 3.70. The van der Waals surface area contributed by atoms with E-state index in [2.05, 4.69) is 0 Å². The molecule has 1 aliphatic rings. The van der Waals surface area contributed by atoms with E-state index in [1.165, 1.54) is 0 Å². The fraction of sp³-hybridized carbons (Fsp3) is 0.556. The van der Waals surface area contributed by atoms with Crippen LogP contribution in [0.15, 0.2) is 4.42 Å². The van der Waals surface area contributed by atoms with Crippen LogP contribution in [0.1, 0.15) is 28.9 Å². The van der Waals surface area contributed by atoms with Crippen LogP contribution in [0.25, 0.3) is 0 Å². The van der Waals surface area contributed by atoms with Crippen molar-refractivity contribution in [2.45, 2.75) is 25.7 Å². The monoisotopic (exact) mass is 200 g/mol. The van der Waals surface area contributed by atoms with Gasteiger partial charge in [-0.3, -0.25) is 0 Å². The molecule has 1 aromatic rings. The minimum atomic E-state index is -1.53. The normalized spacial score (nSPS) is 14.3. The highest BCUT2D eigenvalue weighted by Gasteiger charge is 2.28. The van der Waals surface area contributed by atoms with Crippen molar-refractivity contribution in [1.82, 2.24) is 0 Å². The van der Waals surface area contributed by atoms with Crippen LogP contribution in [0, 0.1) is 0 Å². The quantitative estimate of drug-likeness (QED) is 0.587. The smallest absolute Gasteiger partial charge is 0.182 e. The van der Waals surface area contributed by atoms with Gasteiger partial charge in [0.25, 0.3) is 0 Å². The summed E-state index contributed by atoms with van der Waals surface area (Å²) in [5.41, 5.74) is 1.06. The predicted molar refractivity (Wildman–Crippen MR) is 45.2 cm³/mol. The summed E-state index contributed by atoms with van der Waals surface area (Å²) in [5, 5.41) is 26.7. The zero-order chi connectivity index (χ0) is 10.1. The second-order valence-corrected chi connectivity index (χ2v) is 3.19. The number of hydrogen-bond donors (Lipinski definition) is 3. The molecular formula is C9H12O5. The molecule has 0 saturated carbocycles. The van der Waals surface area contributed by atoms with Gasteiger partial charge in [-0.05, 0) is 0 Å². The molecule has 0 saturated heterocycles. The number of aliphatic hydroxyl groups excluding tert-OH is 2. The standard InChI is InChI=1S/C9H12O5/c10-4-13-3-5-6-1-2-7(14-6)8(5)9(11)12/h9-12H,1-4H2. The Balaban J connectivity index is 2.28. The van der Waals surface area contributed by atoms with Gasteiger partial charge in [-0.2, -0.15) is 0 Å². The zero-order valence-electron chi connectivity index (χ0n) is 7.56. The van der Waals surface area contributed by atoms with Crippen LogP contribution in [0.3, 0.4) is 0 Å². The lowest BCUT2D eigenvalue weighted by molar-refractivity contribution is -0.0482. The molecule has 1 aromatic heterocycles. The van der Waals surface area contributed by atoms with Gasteiger partial charge >= 0.3 is 0 Å². The predicted octanol–water partition coefficient (Wildman–Crippen LogP) is -0.172. The van der Waals surface area contributed by atoms with E-state index < -0.39 is 6.29 Å². The van der Waals surface area contributed by atoms with Crippen molar-refractivity contribution in [3.05, 3.63) is 22.6 Å². The first kappa shape index (κ1) is 9.67. The van der Waals surface area contributed by atoms with Gasteiger partial charge in [0.05, 0.1) is 12.2 Å². The third-order valence-electron chi connectivity index (χ3n) is 2.38. The average molecular weight is 200 g/mol. The first-order chi connectivity index (χ1) is 6.74. The first-order valence-electron chi connectivity index (χ1n) is 4.42. The summed E-state index contributed by atoms with van der Waals surface area (Å²) >= 11 is 0. The Kier molecular flexibility index (Phi) is 2.56. The van der Waals surface area contributed by atoms with Crippen molar-refractivity contribution < 1.29 is 24.5 Å². The Morgan fingerprint density at radius 3 is 2.64 bits per heavy atom. The van der Waals surface area contributed by atoms with Crippen LogP contribution >= 0.6 is 0 Å². The van der Waals surface area contributed by atoms with Crippen LogP contribution in [-0.4, -0.2) is 22.1 Å². The summed E-state index contributed by atoms with van der Waals surface area (Å²) in [7, 11) is 0. The number of furan rings is 1. The van der Waals surface area contributed by atoms with Gasteiger partial charge in [0.1, 0.15) is 18.3 Å². The van der Waals surface area contributed by atoms with E-state index in [4.69, 9.17) is 24.5 Å². The van der Waals surface area contributed by atoms with E-state index in [0.29, 0.717) is 23.3 Å². The fourth-order valence-electron chi connectivity index (χ4n) is 1.80. The Labute approximate surface area is 80.5 Å². The molecule has 5 heteroatoms. The molecular weight excluding hydrogens is 188 g/mol. The third kappa shape index (κ3) is 1.44. The van der Waals surface area contributed by atoms with E-state index in [9.17, 15) is 0 Å². The van der Waals surface area contributed by atoms with Gasteiger partial charge in [-0.15, -0.1) is 0 Å². The van der Waals surface area contributed by atoms with Gasteiger partial charge in [0, 0.05) is 18.4 Å². The highest BCUT2D eigenvalue weighted by molar-refractivity contribution is 5.38. The molecule has 0 amide bonds. The Hall–Kier alpha value is -0.880. The van der Waals surface area contributed by atoms with Crippen LogP contribution in [0.5, 0.6) is 0 Å². The fourth-order valence-corrected chi connectivity index (χ4v) is 1.80. The van der Waals surface area contributed by atoms with Gasteiger partial charge in [0.2, 0.25) is 0 Å². The zero-order valence-corrected chi connectivity index (χ0v) is 7.56. The maximum absolute atomic E-state index is 9.11. The molecule has 0 aliphatic carbocycles. The van der Waals surface area contributed by atoms with E-state index >= 15 is 0 Å². The van der Waals surface area contributed by atoms with Crippen LogP contribution in [0.4, 0.5) is 0 Å². The molecule has 1 aliphatic heterocycles. The minimum Gasteiger partial charge on any atom is -0.465 e. The van der Waals surface area contributed by atoms with Gasteiger partial charge in [-0.25, -0.2) is 0 Å². The van der Waals surface area contributed by atoms with Crippen LogP contribution in [-0.2, 0) is 24.2 Å². The molecule has 2 bridgehead atoms. The van der Waals surface area contributed by atoms with Gasteiger partial charge in [-0.1, -0.05) is 0 Å². The second-order valence-electron chi connectivity index (χ2n) is 3.19. The summed E-state index contributed by atoms with van der Waals surface area (Å²) in [6, 6.07) is 0. The Morgan fingerprint density at radius 2 is 2.00 bits per heavy atom. The van der Waals surface area contributed by atoms with Crippen molar-refractivity contribution >= 4 is 0 Å². The summed E-state index contributed by atoms with van der Waals surface area (Å²) < 4.78 is 10.1. The van der Waals surface area contributed by atoms with Gasteiger partial charge in [0.15, 0.2) is 6.29 Å². The molecule has 0 aromatic carbocycles. The molecule has 0 unspecified atom stereocenters. The summed E-state index contributed by atoms with van der Waals surface area (Å²) in [6.45, 7) is -0.233. The number of hydrogen-bond acceptors (Lipinski definition) is 5. The van der Waals surface area contributed by atoms with Crippen molar-refractivity contribution in [2.75, 3.05) is 6.79 Å². The summed E-state index contributed by atoms with van der Waals surface area (Å²) in [6.07, 6.45) is -0.0410. The van der Waals surface area contributed by atoms with Gasteiger partial charge < -0.3 is 24.5 Å². The summed E-state index contributed by atoms with van der Waals surface area (Å²) in [5.74, 6) is 1.35. The van der Waals surface area contributed by atoms with E-state index in [1.807, 2.05) is 0 Å². The van der Waals surface area contributed by atoms with E-state index in [-0.39, 0.29) is 13.4 Å². The Bertz CT molecular complexity index is 328. The van der Waals surface area contributed by atoms with E-state index in [0.717, 1.165) is 12.2 Å². The summed E-state index contributed by atoms with van der Waals surface area (Å²) in [4.78, 5) is 0. The van der Waals surface area contributed by atoms with Crippen molar-refractivity contribution in [3.63, 3.8) is 0 Å². The largest absolute Gasteiger partial charge is 0.465 e. The topological polar surface area (TPSA) is 83.1 Å². The molecule has 0 atom stereocenters. The van der Waals surface area contributed by atoms with Crippen LogP contribution in [0.2, 0.25) is 0 Å². The van der Waals surface area contributed by atoms with E-state index in [1.54, 1.807) is 0 Å². The SMILES string of the molecule is OCOCc1c2oc(c1C(O)O)CC2. The average Bonchev–Trinajstić information content (AvgIpc) is 2.72. The number of aliphatic hydroxyl groups is 3. The third-order valence-corrected chi connectivity index (χ3v) is 2.38. The number of fused-ring (bicyclic) bond motifs is 2. The molecule has 78 valence electrons. The maximum atomic E-state index is 9.11. The number of ether oxygens (including phenoxy) is 1. The highest BCUT2D eigenvalue weighted by atomic mass is 16.6. The maximum Gasteiger partial charge on any atom is 0.182 e. The van der Waals surface area contributed by atoms with Crippen molar-refractivity contribution in [1.29, 1.82) is 0 Å². The first-order valence-corrected chi connectivity index (χ1v) is 4.42. The lowest BCUT2D eigenvalue weighted by Crippen LogP contribution is -2.08. The highest BCUT2D eigenvalue weighted by Crippen LogP contribution is 2.34. The molecule has 2 heterocycles. The van der Waals surface area contributed by atoms with Crippen molar-refractivity contribution in [2.24, 2.45) is 0 Å². The lowest BCUT2D eigenvalue weighted by Gasteiger charge is -2.10. The molecule has 0 radical (unpaired) electrons. The number of rotatable bonds is 4. The molecule has 14 heavy (non-hydrogen) atoms. The lowest BCUT2D eigenvalue weighted by atomic mass is 9.99. The molecule has 0 spiro atoms.